The smallest absolute Gasteiger partial charge is 0.304 e. The van der Waals surface area contributed by atoms with Gasteiger partial charge < -0.3 is 15.7 Å². The van der Waals surface area contributed by atoms with Gasteiger partial charge in [-0.15, -0.1) is 0 Å². The van der Waals surface area contributed by atoms with E-state index in [4.69, 9.17) is 10.5 Å². The minimum absolute atomic E-state index is 0.0728. The Bertz CT molecular complexity index is 442. The molecule has 1 aromatic carbocycles. The number of guanidine groups is 1. The summed E-state index contributed by atoms with van der Waals surface area (Å²) in [5.74, 6) is 0.902. The molecular formula is C9H9N3O2. The van der Waals surface area contributed by atoms with Crippen molar-refractivity contribution >= 4 is 17.3 Å². The van der Waals surface area contributed by atoms with Crippen molar-refractivity contribution in [2.24, 2.45) is 10.7 Å². The van der Waals surface area contributed by atoms with Gasteiger partial charge in [0.05, 0.1) is 6.61 Å². The van der Waals surface area contributed by atoms with E-state index in [9.17, 15) is 5.21 Å². The average Bonchev–Trinajstić information content (AvgIpc) is 2.70. The number of hydroxylamine groups is 1. The van der Waals surface area contributed by atoms with Crippen molar-refractivity contribution in [1.82, 2.24) is 0 Å². The Morgan fingerprint density at radius 2 is 2.36 bits per heavy atom. The van der Waals surface area contributed by atoms with Gasteiger partial charge in [0, 0.05) is 24.1 Å². The highest BCUT2D eigenvalue weighted by atomic mass is 16.5. The molecule has 0 aliphatic carbocycles. The standard InChI is InChI=1S/C9H9N3O2/c10-9-11-6-4-8-5(1-2-14-8)3-7(6)12(9)13/h3-4,12H,1-2H2,(H2,10,11). The van der Waals surface area contributed by atoms with Gasteiger partial charge >= 0.3 is 5.96 Å². The molecule has 1 aromatic rings. The first kappa shape index (κ1) is 7.78. The SMILES string of the molecule is NC1=Nc2cc3c(cc2[NH+]1[O-])CCO3. The summed E-state index contributed by atoms with van der Waals surface area (Å²) in [6.07, 6.45) is 0.857. The van der Waals surface area contributed by atoms with Crippen molar-refractivity contribution in [2.75, 3.05) is 6.61 Å². The Balaban J connectivity index is 2.19. The first-order chi connectivity index (χ1) is 6.75. The van der Waals surface area contributed by atoms with E-state index in [0.717, 1.165) is 17.7 Å². The van der Waals surface area contributed by atoms with Gasteiger partial charge in [0.15, 0.2) is 5.69 Å². The lowest BCUT2D eigenvalue weighted by Gasteiger charge is -2.14. The summed E-state index contributed by atoms with van der Waals surface area (Å²) >= 11 is 0. The van der Waals surface area contributed by atoms with E-state index in [1.165, 1.54) is 0 Å². The maximum absolute atomic E-state index is 11.5. The Kier molecular flexibility index (Phi) is 1.37. The Labute approximate surface area is 80.4 Å². The fraction of sp³-hybridized carbons (Fsp3) is 0.222. The molecular weight excluding hydrogens is 182 g/mol. The van der Waals surface area contributed by atoms with Crippen LogP contribution in [0.25, 0.3) is 0 Å². The number of hydrogen-bond donors (Lipinski definition) is 2. The van der Waals surface area contributed by atoms with Crippen LogP contribution in [0.4, 0.5) is 11.4 Å². The van der Waals surface area contributed by atoms with E-state index >= 15 is 0 Å². The molecule has 0 saturated heterocycles. The first-order valence-electron chi connectivity index (χ1n) is 4.44. The number of rotatable bonds is 0. The van der Waals surface area contributed by atoms with Crippen LogP contribution in [-0.4, -0.2) is 12.6 Å². The van der Waals surface area contributed by atoms with E-state index in [2.05, 4.69) is 4.99 Å². The molecule has 2 aliphatic heterocycles. The molecule has 0 bridgehead atoms. The number of quaternary nitrogens is 1. The summed E-state index contributed by atoms with van der Waals surface area (Å²) < 4.78 is 5.37. The highest BCUT2D eigenvalue weighted by molar-refractivity contribution is 5.84. The van der Waals surface area contributed by atoms with Crippen molar-refractivity contribution in [3.63, 3.8) is 0 Å². The van der Waals surface area contributed by atoms with E-state index in [1.807, 2.05) is 6.07 Å². The molecule has 1 unspecified atom stereocenters. The van der Waals surface area contributed by atoms with Crippen LogP contribution in [0.2, 0.25) is 0 Å². The molecule has 0 aromatic heterocycles. The number of benzene rings is 1. The normalized spacial score (nSPS) is 22.6. The second-order valence-electron chi connectivity index (χ2n) is 3.40. The number of hydrogen-bond acceptors (Lipinski definition) is 4. The predicted octanol–water partition coefficient (Wildman–Crippen LogP) is -0.405. The minimum Gasteiger partial charge on any atom is -0.621 e. The topological polar surface area (TPSA) is 75.1 Å². The molecule has 5 heteroatoms. The summed E-state index contributed by atoms with van der Waals surface area (Å²) in [7, 11) is 0. The van der Waals surface area contributed by atoms with Crippen molar-refractivity contribution in [3.05, 3.63) is 22.9 Å². The van der Waals surface area contributed by atoms with Gasteiger partial charge in [0.2, 0.25) is 0 Å². The third-order valence-electron chi connectivity index (χ3n) is 2.53. The molecule has 0 radical (unpaired) electrons. The molecule has 5 nitrogen and oxygen atoms in total. The van der Waals surface area contributed by atoms with Crippen LogP contribution in [0, 0.1) is 5.21 Å². The van der Waals surface area contributed by atoms with Gasteiger partial charge in [0.1, 0.15) is 11.4 Å². The lowest BCUT2D eigenvalue weighted by atomic mass is 10.1. The van der Waals surface area contributed by atoms with Gasteiger partial charge in [-0.05, 0) is 0 Å². The summed E-state index contributed by atoms with van der Waals surface area (Å²) in [5, 5.41) is 11.3. The van der Waals surface area contributed by atoms with Crippen LogP contribution in [0.15, 0.2) is 17.1 Å². The maximum Gasteiger partial charge on any atom is 0.304 e. The molecule has 14 heavy (non-hydrogen) atoms. The van der Waals surface area contributed by atoms with Gasteiger partial charge in [0.25, 0.3) is 0 Å². The zero-order chi connectivity index (χ0) is 9.71. The monoisotopic (exact) mass is 191 g/mol. The Morgan fingerprint density at radius 3 is 3.21 bits per heavy atom. The van der Waals surface area contributed by atoms with Crippen molar-refractivity contribution < 1.29 is 9.80 Å². The van der Waals surface area contributed by atoms with E-state index in [-0.39, 0.29) is 11.0 Å². The number of nitrogens with one attached hydrogen (secondary N) is 1. The second kappa shape index (κ2) is 2.46. The Hall–Kier alpha value is -1.59. The second-order valence-corrected chi connectivity index (χ2v) is 3.40. The van der Waals surface area contributed by atoms with Crippen LogP contribution in [0.1, 0.15) is 5.56 Å². The van der Waals surface area contributed by atoms with Gasteiger partial charge in [-0.2, -0.15) is 4.99 Å². The van der Waals surface area contributed by atoms with Crippen molar-refractivity contribution in [3.8, 4) is 5.75 Å². The molecule has 3 rings (SSSR count). The number of nitrogens with zero attached hydrogens (tertiary/aromatic N) is 1. The van der Waals surface area contributed by atoms with Crippen LogP contribution in [0.5, 0.6) is 5.75 Å². The number of fused-ring (bicyclic) bond motifs is 2. The average molecular weight is 191 g/mol. The number of ether oxygens (including phenoxy) is 1. The van der Waals surface area contributed by atoms with E-state index in [1.54, 1.807) is 6.07 Å². The van der Waals surface area contributed by atoms with Crippen LogP contribution in [-0.2, 0) is 6.42 Å². The molecule has 1 atom stereocenters. The largest absolute Gasteiger partial charge is 0.621 e. The van der Waals surface area contributed by atoms with Crippen LogP contribution < -0.4 is 15.5 Å². The molecule has 72 valence electrons. The summed E-state index contributed by atoms with van der Waals surface area (Å²) in [5.41, 5.74) is 7.76. The fourth-order valence-corrected chi connectivity index (χ4v) is 1.81. The van der Waals surface area contributed by atoms with Gasteiger partial charge in [-0.25, -0.2) is 0 Å². The first-order valence-corrected chi connectivity index (χ1v) is 4.44. The molecule has 2 heterocycles. The molecule has 0 amide bonds. The molecule has 0 spiro atoms. The van der Waals surface area contributed by atoms with E-state index in [0.29, 0.717) is 18.0 Å². The summed E-state index contributed by atoms with van der Waals surface area (Å²) in [6, 6.07) is 3.62. The Morgan fingerprint density at radius 1 is 1.50 bits per heavy atom. The summed E-state index contributed by atoms with van der Waals surface area (Å²) in [6.45, 7) is 0.686. The van der Waals surface area contributed by atoms with Gasteiger partial charge in [-0.1, -0.05) is 0 Å². The third-order valence-corrected chi connectivity index (χ3v) is 2.53. The lowest BCUT2D eigenvalue weighted by Crippen LogP contribution is -3.05. The quantitative estimate of drug-likeness (QED) is 0.548. The third kappa shape index (κ3) is 0.878. The van der Waals surface area contributed by atoms with Crippen LogP contribution >= 0.6 is 0 Å². The predicted molar refractivity (Wildman–Crippen MR) is 50.9 cm³/mol. The number of nitrogens with two attached hydrogens (primary N) is 1. The number of aliphatic imine (C=N–C) groups is 1. The molecule has 0 saturated carbocycles. The highest BCUT2D eigenvalue weighted by Gasteiger charge is 2.25. The lowest BCUT2D eigenvalue weighted by molar-refractivity contribution is -0.665. The zero-order valence-corrected chi connectivity index (χ0v) is 7.41. The van der Waals surface area contributed by atoms with Crippen molar-refractivity contribution in [1.29, 1.82) is 0 Å². The molecule has 0 fully saturated rings. The van der Waals surface area contributed by atoms with Crippen LogP contribution in [0.3, 0.4) is 0 Å². The molecule has 2 aliphatic rings. The maximum atomic E-state index is 11.5. The van der Waals surface area contributed by atoms with Crippen molar-refractivity contribution in [2.45, 2.75) is 6.42 Å². The molecule has 3 N–H and O–H groups in total. The highest BCUT2D eigenvalue weighted by Crippen LogP contribution is 2.35. The van der Waals surface area contributed by atoms with E-state index < -0.39 is 0 Å². The zero-order valence-electron chi connectivity index (χ0n) is 7.41. The van der Waals surface area contributed by atoms with Gasteiger partial charge in [-0.3, -0.25) is 5.06 Å². The summed E-state index contributed by atoms with van der Waals surface area (Å²) in [4.78, 5) is 3.98. The minimum atomic E-state index is -0.172. The fourth-order valence-electron chi connectivity index (χ4n) is 1.81.